The Bertz CT molecular complexity index is 166. The normalized spacial score (nSPS) is 11.8. The highest BCUT2D eigenvalue weighted by molar-refractivity contribution is 6.53. The molecular formula is C8H18O4Si. The highest BCUT2D eigenvalue weighted by Gasteiger charge is 2.41. The summed E-state index contributed by atoms with van der Waals surface area (Å²) in [6.45, 7) is 5.74. The second-order valence-corrected chi connectivity index (χ2v) is 6.30. The second-order valence-electron chi connectivity index (χ2n) is 3.25. The molecule has 0 bridgehead atoms. The molecule has 0 atom stereocenters. The van der Waals surface area contributed by atoms with Crippen molar-refractivity contribution in [3.63, 3.8) is 0 Å². The molecule has 0 saturated carbocycles. The maximum absolute atomic E-state index is 11.5. The van der Waals surface area contributed by atoms with Gasteiger partial charge in [0, 0.05) is 14.2 Å². The van der Waals surface area contributed by atoms with E-state index >= 15 is 0 Å². The van der Waals surface area contributed by atoms with E-state index in [1.807, 2.05) is 0 Å². The van der Waals surface area contributed by atoms with Crippen LogP contribution in [0.1, 0.15) is 20.8 Å². The van der Waals surface area contributed by atoms with Gasteiger partial charge in [-0.2, -0.15) is 0 Å². The van der Waals surface area contributed by atoms with Gasteiger partial charge >= 0.3 is 15.3 Å². The Kier molecular flexibility index (Phi) is 5.20. The van der Waals surface area contributed by atoms with Gasteiger partial charge in [-0.3, -0.25) is 4.79 Å². The van der Waals surface area contributed by atoms with Crippen molar-refractivity contribution in [3.05, 3.63) is 0 Å². The number of esters is 1. The minimum Gasteiger partial charge on any atom is -0.466 e. The molecule has 0 aromatic rings. The van der Waals surface area contributed by atoms with E-state index in [0.717, 1.165) is 0 Å². The second kappa shape index (κ2) is 5.36. The van der Waals surface area contributed by atoms with Gasteiger partial charge in [0.25, 0.3) is 0 Å². The van der Waals surface area contributed by atoms with Crippen LogP contribution in [0.3, 0.4) is 0 Å². The van der Waals surface area contributed by atoms with Gasteiger partial charge in [-0.05, 0) is 20.8 Å². The quantitative estimate of drug-likeness (QED) is 0.494. The van der Waals surface area contributed by atoms with Crippen molar-refractivity contribution >= 4 is 15.3 Å². The van der Waals surface area contributed by atoms with Crippen LogP contribution in [0.25, 0.3) is 0 Å². The van der Waals surface area contributed by atoms with Crippen molar-refractivity contribution < 1.29 is 18.4 Å². The molecule has 0 aromatic carbocycles. The van der Waals surface area contributed by atoms with E-state index in [2.05, 4.69) is 0 Å². The molecule has 0 spiro atoms. The summed E-state index contributed by atoms with van der Waals surface area (Å²) in [5.41, 5.74) is 0. The van der Waals surface area contributed by atoms with Gasteiger partial charge in [0.15, 0.2) is 0 Å². The Morgan fingerprint density at radius 1 is 1.31 bits per heavy atom. The summed E-state index contributed by atoms with van der Waals surface area (Å²) in [5.74, 6) is -0.254. The van der Waals surface area contributed by atoms with Crippen LogP contribution in [0, 0.1) is 0 Å². The third-order valence-electron chi connectivity index (χ3n) is 1.82. The van der Waals surface area contributed by atoms with E-state index in [9.17, 15) is 4.79 Å². The minimum atomic E-state index is -1.97. The van der Waals surface area contributed by atoms with Crippen LogP contribution in [0.4, 0.5) is 0 Å². The standard InChI is InChI=1S/C8H18O4Si/c1-6-12-7(9)8(2,3)13(10-4)11-5/h13H,6H2,1-5H3. The Morgan fingerprint density at radius 2 is 1.77 bits per heavy atom. The molecule has 0 fully saturated rings. The van der Waals surface area contributed by atoms with E-state index in [4.69, 9.17) is 13.6 Å². The predicted octanol–water partition coefficient (Wildman–Crippen LogP) is 0.843. The molecule has 0 N–H and O–H groups in total. The molecule has 0 aromatic heterocycles. The number of carbonyl (C=O) groups is 1. The number of carbonyl (C=O) groups excluding carboxylic acids is 1. The van der Waals surface area contributed by atoms with Crippen LogP contribution in [-0.2, 0) is 18.4 Å². The number of ether oxygens (including phenoxy) is 1. The van der Waals surface area contributed by atoms with Crippen molar-refractivity contribution in [2.24, 2.45) is 0 Å². The van der Waals surface area contributed by atoms with E-state index in [-0.39, 0.29) is 5.97 Å². The number of rotatable bonds is 5. The van der Waals surface area contributed by atoms with Gasteiger partial charge in [0.2, 0.25) is 0 Å². The number of hydrogen-bond acceptors (Lipinski definition) is 4. The van der Waals surface area contributed by atoms with Crippen LogP contribution in [0.5, 0.6) is 0 Å². The van der Waals surface area contributed by atoms with Gasteiger partial charge in [-0.1, -0.05) is 0 Å². The molecule has 0 aliphatic carbocycles. The summed E-state index contributed by atoms with van der Waals surface area (Å²) in [7, 11) is 1.15. The Labute approximate surface area is 81.0 Å². The topological polar surface area (TPSA) is 44.8 Å². The van der Waals surface area contributed by atoms with Crippen LogP contribution >= 0.6 is 0 Å². The SMILES string of the molecule is CCOC(=O)C(C)(C)[SiH](OC)OC. The zero-order chi connectivity index (χ0) is 10.5. The molecule has 0 aliphatic heterocycles. The van der Waals surface area contributed by atoms with Crippen molar-refractivity contribution in [3.8, 4) is 0 Å². The number of hydrogen-bond donors (Lipinski definition) is 0. The largest absolute Gasteiger partial charge is 0.466 e. The third-order valence-corrected chi connectivity index (χ3v) is 4.09. The molecule has 0 aliphatic rings. The first-order valence-electron chi connectivity index (χ1n) is 4.23. The molecule has 0 unspecified atom stereocenters. The summed E-state index contributed by atoms with van der Waals surface area (Å²) in [6, 6.07) is 0. The fourth-order valence-electron chi connectivity index (χ4n) is 1.10. The molecule has 78 valence electrons. The van der Waals surface area contributed by atoms with Crippen LogP contribution < -0.4 is 0 Å². The van der Waals surface area contributed by atoms with E-state index < -0.39 is 14.3 Å². The average molecular weight is 206 g/mol. The highest BCUT2D eigenvalue weighted by Crippen LogP contribution is 2.30. The van der Waals surface area contributed by atoms with Crippen LogP contribution in [0.15, 0.2) is 0 Å². The van der Waals surface area contributed by atoms with Crippen molar-refractivity contribution in [2.45, 2.75) is 25.8 Å². The predicted molar refractivity (Wildman–Crippen MR) is 51.8 cm³/mol. The molecule has 0 radical (unpaired) electrons. The lowest BCUT2D eigenvalue weighted by atomic mass is 10.2. The molecule has 13 heavy (non-hydrogen) atoms. The fraction of sp³-hybridized carbons (Fsp3) is 0.875. The lowest BCUT2D eigenvalue weighted by molar-refractivity contribution is -0.146. The van der Waals surface area contributed by atoms with Crippen molar-refractivity contribution in [2.75, 3.05) is 20.8 Å². The monoisotopic (exact) mass is 206 g/mol. The average Bonchev–Trinajstić information content (AvgIpc) is 2.06. The van der Waals surface area contributed by atoms with Crippen molar-refractivity contribution in [1.29, 1.82) is 0 Å². The first-order chi connectivity index (χ1) is 6.00. The lowest BCUT2D eigenvalue weighted by Gasteiger charge is -2.27. The van der Waals surface area contributed by atoms with Crippen LogP contribution in [-0.4, -0.2) is 36.1 Å². The highest BCUT2D eigenvalue weighted by atomic mass is 28.3. The van der Waals surface area contributed by atoms with Gasteiger partial charge < -0.3 is 13.6 Å². The first-order valence-corrected chi connectivity index (χ1v) is 5.75. The van der Waals surface area contributed by atoms with Gasteiger partial charge in [-0.25, -0.2) is 0 Å². The molecule has 0 saturated heterocycles. The smallest absolute Gasteiger partial charge is 0.338 e. The summed E-state index contributed by atoms with van der Waals surface area (Å²) in [4.78, 5) is 11.5. The molecule has 0 amide bonds. The zero-order valence-corrected chi connectivity index (χ0v) is 10.1. The zero-order valence-electron chi connectivity index (χ0n) is 8.92. The summed E-state index contributed by atoms with van der Waals surface area (Å²) < 4.78 is 15.2. The molecule has 5 heteroatoms. The molecule has 0 rings (SSSR count). The Morgan fingerprint density at radius 3 is 2.08 bits per heavy atom. The van der Waals surface area contributed by atoms with Gasteiger partial charge in [0.1, 0.15) is 5.04 Å². The maximum Gasteiger partial charge on any atom is 0.338 e. The van der Waals surface area contributed by atoms with E-state index in [1.54, 1.807) is 35.0 Å². The molecule has 0 heterocycles. The summed E-state index contributed by atoms with van der Waals surface area (Å²) in [6.07, 6.45) is 0. The minimum absolute atomic E-state index is 0.254. The lowest BCUT2D eigenvalue weighted by Crippen LogP contribution is -2.39. The fourth-order valence-corrected chi connectivity index (χ4v) is 2.75. The first kappa shape index (κ1) is 12.6. The van der Waals surface area contributed by atoms with Gasteiger partial charge in [-0.15, -0.1) is 0 Å². The van der Waals surface area contributed by atoms with Crippen molar-refractivity contribution in [1.82, 2.24) is 0 Å². The van der Waals surface area contributed by atoms with Gasteiger partial charge in [0.05, 0.1) is 6.61 Å². The maximum atomic E-state index is 11.5. The Hall–Kier alpha value is -0.393. The molecular weight excluding hydrogens is 188 g/mol. The van der Waals surface area contributed by atoms with E-state index in [1.165, 1.54) is 0 Å². The van der Waals surface area contributed by atoms with E-state index in [0.29, 0.717) is 6.61 Å². The summed E-state index contributed by atoms with van der Waals surface area (Å²) in [5, 5.41) is -0.639. The van der Waals surface area contributed by atoms with Crippen LogP contribution in [0.2, 0.25) is 5.04 Å². The third kappa shape index (κ3) is 3.09. The summed E-state index contributed by atoms with van der Waals surface area (Å²) >= 11 is 0. The molecule has 4 nitrogen and oxygen atoms in total. The Balaban J connectivity index is 4.42.